The van der Waals surface area contributed by atoms with Crippen LogP contribution in [0.4, 0.5) is 5.69 Å². The van der Waals surface area contributed by atoms with Gasteiger partial charge in [0.25, 0.3) is 0 Å². The summed E-state index contributed by atoms with van der Waals surface area (Å²) in [5, 5.41) is 3.02. The summed E-state index contributed by atoms with van der Waals surface area (Å²) in [6.45, 7) is 2.01. The molecule has 1 aromatic carbocycles. The van der Waals surface area contributed by atoms with Gasteiger partial charge in [0.15, 0.2) is 0 Å². The molecule has 0 spiro atoms. The highest BCUT2D eigenvalue weighted by Crippen LogP contribution is 2.22. The third kappa shape index (κ3) is 2.69. The number of nitrogens with one attached hydrogen (secondary N) is 2. The molecule has 0 unspecified atom stereocenters. The zero-order valence-corrected chi connectivity index (χ0v) is 9.11. The molecule has 0 bridgehead atoms. The minimum Gasteiger partial charge on any atom is -0.497 e. The number of methoxy groups -OCH3 is 1. The van der Waals surface area contributed by atoms with Crippen LogP contribution in [0.3, 0.4) is 0 Å². The van der Waals surface area contributed by atoms with Crippen LogP contribution in [0.5, 0.6) is 5.75 Å². The van der Waals surface area contributed by atoms with Gasteiger partial charge in [-0.05, 0) is 25.1 Å². The summed E-state index contributed by atoms with van der Waals surface area (Å²) in [6.07, 6.45) is 0. The second kappa shape index (κ2) is 5.69. The van der Waals surface area contributed by atoms with E-state index in [1.165, 1.54) is 13.2 Å². The van der Waals surface area contributed by atoms with Gasteiger partial charge < -0.3 is 9.47 Å². The number of hydrogen-bond donors (Lipinski definition) is 2. The highest BCUT2D eigenvalue weighted by molar-refractivity contribution is 5.96. The molecule has 1 aromatic rings. The van der Waals surface area contributed by atoms with Crippen LogP contribution in [0.1, 0.15) is 17.3 Å². The van der Waals surface area contributed by atoms with Gasteiger partial charge in [0.05, 0.1) is 25.0 Å². The molecule has 0 aromatic heterocycles. The van der Waals surface area contributed by atoms with E-state index in [1.807, 2.05) is 0 Å². The fourth-order valence-corrected chi connectivity index (χ4v) is 1.19. The number of benzene rings is 1. The van der Waals surface area contributed by atoms with E-state index in [-0.39, 0.29) is 12.2 Å². The summed E-state index contributed by atoms with van der Waals surface area (Å²) in [7, 11) is 1.51. The maximum Gasteiger partial charge on any atom is 0.340 e. The average Bonchev–Trinajstić information content (AvgIpc) is 2.30. The molecule has 2 N–H and O–H groups in total. The Morgan fingerprint density at radius 1 is 1.56 bits per heavy atom. The molecule has 0 saturated heterocycles. The van der Waals surface area contributed by atoms with Crippen LogP contribution in [0, 0.1) is 5.53 Å². The minimum absolute atomic E-state index is 0.285. The monoisotopic (exact) mass is 223 g/mol. The van der Waals surface area contributed by atoms with Crippen molar-refractivity contribution in [2.24, 2.45) is 5.22 Å². The molecule has 0 aliphatic rings. The fourth-order valence-electron chi connectivity index (χ4n) is 1.19. The van der Waals surface area contributed by atoms with Crippen LogP contribution in [0.25, 0.3) is 0 Å². The SMILES string of the molecule is CCOC(=O)c1cc(OC)ccc1NN=N. The van der Waals surface area contributed by atoms with Crippen molar-refractivity contribution in [3.63, 3.8) is 0 Å². The first kappa shape index (κ1) is 12.0. The molecular formula is C10H13N3O3. The summed E-state index contributed by atoms with van der Waals surface area (Å²) >= 11 is 0. The lowest BCUT2D eigenvalue weighted by Gasteiger charge is -2.09. The van der Waals surface area contributed by atoms with Gasteiger partial charge in [-0.2, -0.15) is 5.53 Å². The smallest absolute Gasteiger partial charge is 0.340 e. The lowest BCUT2D eigenvalue weighted by atomic mass is 10.1. The number of nitrogens with zero attached hydrogens (tertiary/aromatic N) is 1. The number of carbonyl (C=O) groups is 1. The second-order valence-electron chi connectivity index (χ2n) is 2.86. The molecule has 1 rings (SSSR count). The summed E-state index contributed by atoms with van der Waals surface area (Å²) in [5.41, 5.74) is 9.81. The van der Waals surface area contributed by atoms with E-state index in [0.29, 0.717) is 11.4 Å². The van der Waals surface area contributed by atoms with Crippen LogP contribution in [0.15, 0.2) is 23.4 Å². The van der Waals surface area contributed by atoms with E-state index < -0.39 is 5.97 Å². The lowest BCUT2D eigenvalue weighted by molar-refractivity contribution is 0.0527. The number of esters is 1. The van der Waals surface area contributed by atoms with Gasteiger partial charge in [-0.15, -0.1) is 0 Å². The van der Waals surface area contributed by atoms with Crippen molar-refractivity contribution in [3.05, 3.63) is 23.8 Å². The zero-order chi connectivity index (χ0) is 12.0. The highest BCUT2D eigenvalue weighted by atomic mass is 16.5. The Bertz CT molecular complexity index is 393. The van der Waals surface area contributed by atoms with Gasteiger partial charge in [-0.1, -0.05) is 5.22 Å². The number of rotatable bonds is 5. The number of hydrogen-bond acceptors (Lipinski definition) is 5. The van der Waals surface area contributed by atoms with Crippen LogP contribution in [-0.2, 0) is 4.74 Å². The summed E-state index contributed by atoms with van der Waals surface area (Å²) < 4.78 is 9.88. The first-order chi connectivity index (χ1) is 7.72. The maximum absolute atomic E-state index is 11.6. The molecule has 0 saturated carbocycles. The van der Waals surface area contributed by atoms with Gasteiger partial charge in [-0.3, -0.25) is 5.43 Å². The average molecular weight is 223 g/mol. The van der Waals surface area contributed by atoms with E-state index in [9.17, 15) is 4.79 Å². The van der Waals surface area contributed by atoms with Crippen LogP contribution < -0.4 is 10.2 Å². The van der Waals surface area contributed by atoms with Gasteiger partial charge >= 0.3 is 5.97 Å². The molecule has 0 amide bonds. The van der Waals surface area contributed by atoms with Crippen molar-refractivity contribution in [3.8, 4) is 5.75 Å². The Balaban J connectivity index is 3.08. The third-order valence-electron chi connectivity index (χ3n) is 1.90. The Morgan fingerprint density at radius 3 is 2.88 bits per heavy atom. The molecular weight excluding hydrogens is 210 g/mol. The van der Waals surface area contributed by atoms with Gasteiger partial charge in [0.2, 0.25) is 0 Å². The molecule has 0 radical (unpaired) electrons. The van der Waals surface area contributed by atoms with Crippen molar-refractivity contribution in [2.45, 2.75) is 6.92 Å². The third-order valence-corrected chi connectivity index (χ3v) is 1.90. The predicted octanol–water partition coefficient (Wildman–Crippen LogP) is 2.23. The van der Waals surface area contributed by atoms with Gasteiger partial charge in [0.1, 0.15) is 5.75 Å². The first-order valence-corrected chi connectivity index (χ1v) is 4.70. The maximum atomic E-state index is 11.6. The molecule has 86 valence electrons. The van der Waals surface area contributed by atoms with E-state index in [0.717, 1.165) is 0 Å². The van der Waals surface area contributed by atoms with Crippen molar-refractivity contribution < 1.29 is 14.3 Å². The van der Waals surface area contributed by atoms with Crippen molar-refractivity contribution in [2.75, 3.05) is 19.1 Å². The van der Waals surface area contributed by atoms with Crippen LogP contribution in [0.2, 0.25) is 0 Å². The number of anilines is 1. The quantitative estimate of drug-likeness (QED) is 0.455. The van der Waals surface area contributed by atoms with E-state index in [2.05, 4.69) is 10.6 Å². The highest BCUT2D eigenvalue weighted by Gasteiger charge is 2.13. The Hall–Kier alpha value is -2.11. The van der Waals surface area contributed by atoms with Crippen LogP contribution >= 0.6 is 0 Å². The molecule has 0 fully saturated rings. The normalized spacial score (nSPS) is 9.38. The van der Waals surface area contributed by atoms with E-state index >= 15 is 0 Å². The second-order valence-corrected chi connectivity index (χ2v) is 2.86. The Labute approximate surface area is 93.0 Å². The fraction of sp³-hybridized carbons (Fsp3) is 0.300. The van der Waals surface area contributed by atoms with Crippen molar-refractivity contribution in [1.29, 1.82) is 5.53 Å². The zero-order valence-electron chi connectivity index (χ0n) is 9.11. The molecule has 6 nitrogen and oxygen atoms in total. The number of ether oxygens (including phenoxy) is 2. The van der Waals surface area contributed by atoms with Gasteiger partial charge in [-0.25, -0.2) is 4.79 Å². The lowest BCUT2D eigenvalue weighted by Crippen LogP contribution is -2.07. The standard InChI is InChI=1S/C10H13N3O3/c1-3-16-10(14)8-6-7(15-2)4-5-9(8)12-13-11/h4-6H,3H2,1-2H3,(H2,11,12). The summed E-state index contributed by atoms with van der Waals surface area (Å²) in [6, 6.07) is 4.80. The molecule has 6 heteroatoms. The molecule has 0 heterocycles. The first-order valence-electron chi connectivity index (χ1n) is 4.70. The largest absolute Gasteiger partial charge is 0.497 e. The van der Waals surface area contributed by atoms with Crippen molar-refractivity contribution in [1.82, 2.24) is 0 Å². The van der Waals surface area contributed by atoms with Crippen LogP contribution in [-0.4, -0.2) is 19.7 Å². The predicted molar refractivity (Wildman–Crippen MR) is 57.7 cm³/mol. The summed E-state index contributed by atoms with van der Waals surface area (Å²) in [5.74, 6) is 0.0612. The molecule has 16 heavy (non-hydrogen) atoms. The minimum atomic E-state index is -0.479. The molecule has 0 atom stereocenters. The Kier molecular flexibility index (Phi) is 4.26. The molecule has 0 aliphatic heterocycles. The number of carbonyl (C=O) groups excluding carboxylic acids is 1. The molecule has 0 aliphatic carbocycles. The van der Waals surface area contributed by atoms with Crippen molar-refractivity contribution >= 4 is 11.7 Å². The van der Waals surface area contributed by atoms with Gasteiger partial charge in [0, 0.05) is 0 Å². The van der Waals surface area contributed by atoms with E-state index in [1.54, 1.807) is 19.1 Å². The topological polar surface area (TPSA) is 83.8 Å². The Morgan fingerprint density at radius 2 is 2.31 bits per heavy atom. The summed E-state index contributed by atoms with van der Waals surface area (Å²) in [4.78, 5) is 11.6. The van der Waals surface area contributed by atoms with E-state index in [4.69, 9.17) is 15.0 Å².